The van der Waals surface area contributed by atoms with Gasteiger partial charge < -0.3 is 14.6 Å². The first-order valence-electron chi connectivity index (χ1n) is 6.31. The van der Waals surface area contributed by atoms with Gasteiger partial charge in [-0.15, -0.1) is 0 Å². The molecule has 1 aliphatic rings. The molecule has 19 heavy (non-hydrogen) atoms. The fourth-order valence-corrected chi connectivity index (χ4v) is 2.04. The smallest absolute Gasteiger partial charge is 0.194 e. The summed E-state index contributed by atoms with van der Waals surface area (Å²) < 4.78 is 11.1. The van der Waals surface area contributed by atoms with Gasteiger partial charge in [0, 0.05) is 6.92 Å². The number of aliphatic hydroxyl groups is 1. The zero-order valence-corrected chi connectivity index (χ0v) is 11.1. The molecule has 0 spiro atoms. The first kappa shape index (κ1) is 13.8. The van der Waals surface area contributed by atoms with Crippen LogP contribution in [0.1, 0.15) is 19.4 Å². The maximum Gasteiger partial charge on any atom is 0.194 e. The van der Waals surface area contributed by atoms with Gasteiger partial charge in [-0.25, -0.2) is 0 Å². The molecule has 0 radical (unpaired) electrons. The molecule has 3 atom stereocenters. The Kier molecular flexibility index (Phi) is 4.35. The second-order valence-electron chi connectivity index (χ2n) is 4.66. The third kappa shape index (κ3) is 3.43. The lowest BCUT2D eigenvalue weighted by atomic mass is 10.0. The van der Waals surface area contributed by atoms with E-state index in [2.05, 4.69) is 0 Å². The van der Waals surface area contributed by atoms with E-state index in [1.54, 1.807) is 6.92 Å². The summed E-state index contributed by atoms with van der Waals surface area (Å²) in [5.41, 5.74) is 1.03. The quantitative estimate of drug-likeness (QED) is 0.899. The van der Waals surface area contributed by atoms with E-state index in [1.165, 1.54) is 13.0 Å². The van der Waals surface area contributed by atoms with Crippen molar-refractivity contribution in [2.75, 3.05) is 0 Å². The van der Waals surface area contributed by atoms with E-state index < -0.39 is 12.2 Å². The molecule has 0 unspecified atom stereocenters. The third-order valence-corrected chi connectivity index (χ3v) is 3.07. The summed E-state index contributed by atoms with van der Waals surface area (Å²) in [4.78, 5) is 11.2. The fraction of sp³-hybridized carbons (Fsp3) is 0.400. The standard InChI is InChI=1S/C15H18O4/c1-10(16)14-8-13(17)15(11(2)19-14)18-9-12-6-4-3-5-7-12/h3-8,11,13,15,17H,9H2,1-2H3/t11-,13-,15-/m0/s1. The number of hydrogen-bond donors (Lipinski definition) is 1. The highest BCUT2D eigenvalue weighted by Crippen LogP contribution is 2.22. The lowest BCUT2D eigenvalue weighted by Gasteiger charge is -2.32. The van der Waals surface area contributed by atoms with Crippen LogP contribution in [0.4, 0.5) is 0 Å². The third-order valence-electron chi connectivity index (χ3n) is 3.07. The lowest BCUT2D eigenvalue weighted by Crippen LogP contribution is -2.42. The molecule has 4 nitrogen and oxygen atoms in total. The van der Waals surface area contributed by atoms with Crippen LogP contribution in [-0.4, -0.2) is 29.2 Å². The predicted molar refractivity (Wildman–Crippen MR) is 70.3 cm³/mol. The summed E-state index contributed by atoms with van der Waals surface area (Å²) in [6.07, 6.45) is -0.241. The van der Waals surface area contributed by atoms with Crippen molar-refractivity contribution in [2.24, 2.45) is 0 Å². The second-order valence-corrected chi connectivity index (χ2v) is 4.66. The van der Waals surface area contributed by atoms with Crippen LogP contribution < -0.4 is 0 Å². The maximum absolute atomic E-state index is 11.2. The minimum atomic E-state index is -0.827. The molecule has 0 amide bonds. The molecule has 1 heterocycles. The number of ether oxygens (including phenoxy) is 2. The highest BCUT2D eigenvalue weighted by atomic mass is 16.6. The number of benzene rings is 1. The number of allylic oxidation sites excluding steroid dienone is 1. The molecule has 2 rings (SSSR count). The number of carbonyl (C=O) groups excluding carboxylic acids is 1. The van der Waals surface area contributed by atoms with E-state index in [0.29, 0.717) is 6.61 Å². The van der Waals surface area contributed by atoms with Gasteiger partial charge in [0.05, 0.1) is 6.61 Å². The molecule has 0 saturated carbocycles. The van der Waals surface area contributed by atoms with Crippen molar-refractivity contribution < 1.29 is 19.4 Å². The van der Waals surface area contributed by atoms with Crippen molar-refractivity contribution in [1.82, 2.24) is 0 Å². The van der Waals surface area contributed by atoms with Crippen LogP contribution in [-0.2, 0) is 20.9 Å². The molecular weight excluding hydrogens is 244 g/mol. The number of aliphatic hydroxyl groups excluding tert-OH is 1. The van der Waals surface area contributed by atoms with Crippen molar-refractivity contribution in [1.29, 1.82) is 0 Å². The van der Waals surface area contributed by atoms with Gasteiger partial charge in [-0.05, 0) is 18.6 Å². The van der Waals surface area contributed by atoms with Crippen molar-refractivity contribution in [3.05, 3.63) is 47.7 Å². The van der Waals surface area contributed by atoms with E-state index in [0.717, 1.165) is 5.56 Å². The van der Waals surface area contributed by atoms with Crippen LogP contribution in [0.25, 0.3) is 0 Å². The normalized spacial score (nSPS) is 26.5. The summed E-state index contributed by atoms with van der Waals surface area (Å²) in [7, 11) is 0. The van der Waals surface area contributed by atoms with E-state index >= 15 is 0 Å². The zero-order chi connectivity index (χ0) is 13.8. The molecule has 1 aromatic carbocycles. The Hall–Kier alpha value is -1.65. The molecule has 0 fully saturated rings. The SMILES string of the molecule is CC(=O)C1=C[C@H](O)[C@@H](OCc2ccccc2)[C@H](C)O1. The summed E-state index contributed by atoms with van der Waals surface area (Å²) in [5.74, 6) is 0.0203. The number of hydrogen-bond acceptors (Lipinski definition) is 4. The molecule has 0 bridgehead atoms. The van der Waals surface area contributed by atoms with Crippen molar-refractivity contribution in [3.8, 4) is 0 Å². The first-order valence-corrected chi connectivity index (χ1v) is 6.31. The van der Waals surface area contributed by atoms with Crippen LogP contribution in [0.15, 0.2) is 42.2 Å². The average molecular weight is 262 g/mol. The largest absolute Gasteiger partial charge is 0.484 e. The van der Waals surface area contributed by atoms with Crippen LogP contribution in [0.5, 0.6) is 0 Å². The maximum atomic E-state index is 11.2. The molecule has 4 heteroatoms. The van der Waals surface area contributed by atoms with Gasteiger partial charge in [0.1, 0.15) is 18.3 Å². The van der Waals surface area contributed by atoms with Gasteiger partial charge in [-0.3, -0.25) is 4.79 Å². The highest BCUT2D eigenvalue weighted by molar-refractivity contribution is 5.91. The van der Waals surface area contributed by atoms with E-state index in [1.807, 2.05) is 30.3 Å². The summed E-state index contributed by atoms with van der Waals surface area (Å²) in [6, 6.07) is 9.72. The van der Waals surface area contributed by atoms with Crippen molar-refractivity contribution in [2.45, 2.75) is 38.8 Å². The topological polar surface area (TPSA) is 55.8 Å². The monoisotopic (exact) mass is 262 g/mol. The minimum absolute atomic E-state index is 0.188. The average Bonchev–Trinajstić information content (AvgIpc) is 2.38. The van der Waals surface area contributed by atoms with Crippen molar-refractivity contribution >= 4 is 5.78 Å². The summed E-state index contributed by atoms with van der Waals surface area (Å²) >= 11 is 0. The van der Waals surface area contributed by atoms with Gasteiger partial charge in [0.2, 0.25) is 0 Å². The fourth-order valence-electron chi connectivity index (χ4n) is 2.04. The molecule has 1 aliphatic heterocycles. The number of rotatable bonds is 4. The van der Waals surface area contributed by atoms with E-state index in [4.69, 9.17) is 9.47 Å². The molecule has 0 saturated heterocycles. The number of ketones is 1. The molecule has 102 valence electrons. The van der Waals surface area contributed by atoms with Crippen LogP contribution in [0, 0.1) is 0 Å². The van der Waals surface area contributed by atoms with Crippen LogP contribution >= 0.6 is 0 Å². The van der Waals surface area contributed by atoms with Gasteiger partial charge in [-0.2, -0.15) is 0 Å². The Balaban J connectivity index is 1.99. The van der Waals surface area contributed by atoms with E-state index in [9.17, 15) is 9.90 Å². The Morgan fingerprint density at radius 1 is 1.37 bits per heavy atom. The summed E-state index contributed by atoms with van der Waals surface area (Å²) in [5, 5.41) is 10.0. The zero-order valence-electron chi connectivity index (χ0n) is 11.1. The van der Waals surface area contributed by atoms with Crippen LogP contribution in [0.3, 0.4) is 0 Å². The van der Waals surface area contributed by atoms with Crippen LogP contribution in [0.2, 0.25) is 0 Å². The molecule has 0 aromatic heterocycles. The van der Waals surface area contributed by atoms with Gasteiger partial charge in [0.15, 0.2) is 11.5 Å². The van der Waals surface area contributed by atoms with E-state index in [-0.39, 0.29) is 17.6 Å². The van der Waals surface area contributed by atoms with Gasteiger partial charge >= 0.3 is 0 Å². The number of Topliss-reactive ketones (excluding diaryl/α,β-unsaturated/α-hetero) is 1. The highest BCUT2D eigenvalue weighted by Gasteiger charge is 2.32. The Labute approximate surface area is 112 Å². The predicted octanol–water partition coefficient (Wildman–Crippen LogP) is 1.82. The van der Waals surface area contributed by atoms with Gasteiger partial charge in [0.25, 0.3) is 0 Å². The molecule has 0 aliphatic carbocycles. The number of carbonyl (C=O) groups is 1. The van der Waals surface area contributed by atoms with Gasteiger partial charge in [-0.1, -0.05) is 30.3 Å². The Bertz CT molecular complexity index is 466. The Morgan fingerprint density at radius 3 is 2.63 bits per heavy atom. The molecule has 1 aromatic rings. The minimum Gasteiger partial charge on any atom is -0.484 e. The molecule has 1 N–H and O–H groups in total. The van der Waals surface area contributed by atoms with Crippen molar-refractivity contribution in [3.63, 3.8) is 0 Å². The first-order chi connectivity index (χ1) is 9.08. The second kappa shape index (κ2) is 5.99. The lowest BCUT2D eigenvalue weighted by molar-refractivity contribution is -0.130. The molecular formula is C15H18O4. The Morgan fingerprint density at radius 2 is 2.05 bits per heavy atom. The summed E-state index contributed by atoms with van der Waals surface area (Å²) in [6.45, 7) is 3.60.